The Morgan fingerprint density at radius 2 is 1.53 bits per heavy atom. The van der Waals surface area contributed by atoms with Gasteiger partial charge in [-0.15, -0.1) is 0 Å². The maximum Gasteiger partial charge on any atom is 0.339 e. The van der Waals surface area contributed by atoms with Crippen LogP contribution < -0.4 is 4.89 Å². The second-order valence-corrected chi connectivity index (χ2v) is 8.97. The van der Waals surface area contributed by atoms with E-state index in [-0.39, 0.29) is 17.1 Å². The quantitative estimate of drug-likeness (QED) is 0.271. The molecule has 8 heteroatoms. The number of carbonyl (C=O) groups is 1. The number of aromatic carboxylic acids is 1. The van der Waals surface area contributed by atoms with Crippen LogP contribution in [-0.2, 0) is 19.5 Å². The van der Waals surface area contributed by atoms with Crippen LogP contribution in [0.4, 0.5) is 0 Å². The molecule has 2 rings (SSSR count). The van der Waals surface area contributed by atoms with E-state index in [1.54, 1.807) is 36.4 Å². The van der Waals surface area contributed by atoms with Gasteiger partial charge in [-0.2, -0.15) is 4.89 Å². The van der Waals surface area contributed by atoms with Crippen LogP contribution in [0, 0.1) is 6.92 Å². The van der Waals surface area contributed by atoms with E-state index in [9.17, 15) is 13.2 Å². The largest absolute Gasteiger partial charge is 0.478 e. The Kier molecular flexibility index (Phi) is 9.79. The summed E-state index contributed by atoms with van der Waals surface area (Å²) in [6.07, 6.45) is 2.68. The molecule has 2 aromatic rings. The summed E-state index contributed by atoms with van der Waals surface area (Å²) >= 11 is 0. The summed E-state index contributed by atoms with van der Waals surface area (Å²) < 4.78 is 30.0. The number of hydrogen-bond donors (Lipinski definition) is 1. The highest BCUT2D eigenvalue weighted by molar-refractivity contribution is 7.91. The Hall–Kier alpha value is -2.42. The molecular weight excluding hydrogens is 408 g/mol. The number of rotatable bonds is 14. The van der Waals surface area contributed by atoms with Gasteiger partial charge in [-0.25, -0.2) is 13.2 Å². The van der Waals surface area contributed by atoms with Crippen LogP contribution in [0.1, 0.15) is 41.6 Å². The predicted octanol–water partition coefficient (Wildman–Crippen LogP) is 4.05. The molecule has 0 bridgehead atoms. The number of unbranched alkanes of at least 4 members (excludes halogenated alkanes) is 2. The van der Waals surface area contributed by atoms with Crippen molar-refractivity contribution < 1.29 is 32.8 Å². The predicted molar refractivity (Wildman–Crippen MR) is 113 cm³/mol. The molecule has 1 N–H and O–H groups in total. The molecule has 0 aliphatic rings. The highest BCUT2D eigenvalue weighted by Crippen LogP contribution is 2.18. The zero-order valence-corrected chi connectivity index (χ0v) is 17.9. The van der Waals surface area contributed by atoms with Crippen LogP contribution in [0.25, 0.3) is 0 Å². The first-order valence-electron chi connectivity index (χ1n) is 9.89. The third kappa shape index (κ3) is 8.14. The SMILES string of the molecule is Cc1ccc(S(=O)(=O)CCCCOCCCCOOc2ccccc2C(=O)O)cc1. The molecule has 30 heavy (non-hydrogen) atoms. The van der Waals surface area contributed by atoms with E-state index < -0.39 is 15.8 Å². The summed E-state index contributed by atoms with van der Waals surface area (Å²) in [4.78, 5) is 21.5. The zero-order chi connectivity index (χ0) is 21.8. The van der Waals surface area contributed by atoms with Gasteiger partial charge in [0.05, 0.1) is 17.3 Å². The summed E-state index contributed by atoms with van der Waals surface area (Å²) in [6, 6.07) is 13.2. The lowest BCUT2D eigenvalue weighted by Gasteiger charge is -2.08. The monoisotopic (exact) mass is 436 g/mol. The van der Waals surface area contributed by atoms with Gasteiger partial charge in [0.25, 0.3) is 0 Å². The van der Waals surface area contributed by atoms with E-state index in [4.69, 9.17) is 19.6 Å². The van der Waals surface area contributed by atoms with E-state index in [1.165, 1.54) is 12.1 Å². The van der Waals surface area contributed by atoms with Crippen molar-refractivity contribution in [3.8, 4) is 5.75 Å². The Morgan fingerprint density at radius 1 is 0.900 bits per heavy atom. The Balaban J connectivity index is 1.50. The summed E-state index contributed by atoms with van der Waals surface area (Å²) in [5.74, 6) is -0.793. The van der Waals surface area contributed by atoms with Gasteiger partial charge in [-0.3, -0.25) is 0 Å². The molecule has 0 amide bonds. The van der Waals surface area contributed by atoms with E-state index in [1.807, 2.05) is 6.92 Å². The molecule has 7 nitrogen and oxygen atoms in total. The van der Waals surface area contributed by atoms with Gasteiger partial charge in [0.2, 0.25) is 0 Å². The molecule has 2 aromatic carbocycles. The molecule has 0 aliphatic heterocycles. The molecule has 0 fully saturated rings. The summed E-state index contributed by atoms with van der Waals surface area (Å²) in [5, 5.41) is 9.05. The Morgan fingerprint density at radius 3 is 2.23 bits per heavy atom. The number of carboxylic acids is 1. The molecule has 0 aliphatic carbocycles. The molecule has 0 saturated carbocycles. The molecule has 0 aromatic heterocycles. The minimum atomic E-state index is -3.24. The molecule has 164 valence electrons. The first-order chi connectivity index (χ1) is 14.4. The van der Waals surface area contributed by atoms with Crippen LogP contribution in [0.3, 0.4) is 0 Å². The van der Waals surface area contributed by atoms with Crippen LogP contribution >= 0.6 is 0 Å². The Bertz CT molecular complexity index is 892. The molecule has 0 atom stereocenters. The number of para-hydroxylation sites is 1. The van der Waals surface area contributed by atoms with Crippen molar-refractivity contribution in [1.82, 2.24) is 0 Å². The number of ether oxygens (including phenoxy) is 1. The van der Waals surface area contributed by atoms with E-state index in [0.717, 1.165) is 12.0 Å². The smallest absolute Gasteiger partial charge is 0.339 e. The maximum absolute atomic E-state index is 12.2. The van der Waals surface area contributed by atoms with Crippen molar-refractivity contribution in [3.05, 3.63) is 59.7 Å². The summed E-state index contributed by atoms with van der Waals surface area (Å²) in [5.41, 5.74) is 1.08. The van der Waals surface area contributed by atoms with Crippen molar-refractivity contribution in [1.29, 1.82) is 0 Å². The molecule has 0 radical (unpaired) electrons. The van der Waals surface area contributed by atoms with Crippen molar-refractivity contribution in [3.63, 3.8) is 0 Å². The normalized spacial score (nSPS) is 11.4. The van der Waals surface area contributed by atoms with Crippen LogP contribution in [0.5, 0.6) is 5.75 Å². The fourth-order valence-electron chi connectivity index (χ4n) is 2.65. The fraction of sp³-hybridized carbons (Fsp3) is 0.409. The van der Waals surface area contributed by atoms with Crippen LogP contribution in [-0.4, -0.2) is 45.1 Å². The third-order valence-corrected chi connectivity index (χ3v) is 6.18. The zero-order valence-electron chi connectivity index (χ0n) is 17.1. The van der Waals surface area contributed by atoms with E-state index >= 15 is 0 Å². The summed E-state index contributed by atoms with van der Waals surface area (Å²) in [7, 11) is -3.24. The molecule has 0 spiro atoms. The second kappa shape index (κ2) is 12.3. The first-order valence-corrected chi connectivity index (χ1v) is 11.5. The minimum absolute atomic E-state index is 0.0465. The van der Waals surface area contributed by atoms with Crippen LogP contribution in [0.2, 0.25) is 0 Å². The van der Waals surface area contributed by atoms with Gasteiger partial charge < -0.3 is 14.7 Å². The molecule has 0 saturated heterocycles. The number of hydrogen-bond acceptors (Lipinski definition) is 6. The van der Waals surface area contributed by atoms with Gasteiger partial charge in [-0.1, -0.05) is 29.8 Å². The van der Waals surface area contributed by atoms with Crippen LogP contribution in [0.15, 0.2) is 53.4 Å². The van der Waals surface area contributed by atoms with Crippen molar-refractivity contribution >= 4 is 15.8 Å². The van der Waals surface area contributed by atoms with Gasteiger partial charge in [0.1, 0.15) is 5.56 Å². The number of benzene rings is 2. The van der Waals surface area contributed by atoms with Gasteiger partial charge in [0, 0.05) is 13.2 Å². The Labute approximate surface area is 177 Å². The van der Waals surface area contributed by atoms with Crippen molar-refractivity contribution in [2.45, 2.75) is 37.5 Å². The molecule has 0 unspecified atom stereocenters. The van der Waals surface area contributed by atoms with E-state index in [0.29, 0.717) is 44.0 Å². The lowest BCUT2D eigenvalue weighted by molar-refractivity contribution is -0.208. The van der Waals surface area contributed by atoms with Crippen molar-refractivity contribution in [2.75, 3.05) is 25.6 Å². The lowest BCUT2D eigenvalue weighted by atomic mass is 10.2. The maximum atomic E-state index is 12.2. The number of sulfone groups is 1. The average molecular weight is 437 g/mol. The van der Waals surface area contributed by atoms with E-state index in [2.05, 4.69) is 0 Å². The third-order valence-electron chi connectivity index (χ3n) is 4.36. The van der Waals surface area contributed by atoms with Gasteiger partial charge in [-0.05, 0) is 56.9 Å². The molecular formula is C22H28O7S. The topological polar surface area (TPSA) is 99.1 Å². The van der Waals surface area contributed by atoms with Gasteiger partial charge >= 0.3 is 5.97 Å². The molecule has 0 heterocycles. The highest BCUT2D eigenvalue weighted by atomic mass is 32.2. The first kappa shape index (κ1) is 23.9. The average Bonchev–Trinajstić information content (AvgIpc) is 2.72. The number of aryl methyl sites for hydroxylation is 1. The lowest BCUT2D eigenvalue weighted by Crippen LogP contribution is -2.08. The second-order valence-electron chi connectivity index (χ2n) is 6.87. The summed E-state index contributed by atoms with van der Waals surface area (Å²) in [6.45, 7) is 3.28. The number of carboxylic acid groups (broad SMARTS) is 1. The minimum Gasteiger partial charge on any atom is -0.478 e. The standard InChI is InChI=1S/C22H28O7S/c1-18-10-12-19(13-11-18)30(25,26)17-7-6-15-27-14-4-5-16-28-29-21-9-3-2-8-20(21)22(23)24/h2-3,8-13H,4-7,14-17H2,1H3,(H,23,24). The van der Waals surface area contributed by atoms with Crippen molar-refractivity contribution in [2.24, 2.45) is 0 Å². The highest BCUT2D eigenvalue weighted by Gasteiger charge is 2.13. The fourth-order valence-corrected chi connectivity index (χ4v) is 4.02. The van der Waals surface area contributed by atoms with Gasteiger partial charge in [0.15, 0.2) is 15.6 Å².